The third kappa shape index (κ3) is 5.26. The summed E-state index contributed by atoms with van der Waals surface area (Å²) in [6.45, 7) is 12.9. The van der Waals surface area contributed by atoms with Crippen molar-refractivity contribution in [1.29, 1.82) is 0 Å². The van der Waals surface area contributed by atoms with Crippen LogP contribution < -0.4 is 15.1 Å². The monoisotopic (exact) mass is 555 g/mol. The molecular formula is C28H35F2N7O3. The first-order valence-electron chi connectivity index (χ1n) is 13.4. The molecule has 2 aliphatic rings. The third-order valence-electron chi connectivity index (χ3n) is 7.15. The molecule has 0 radical (unpaired) electrons. The zero-order valence-electron chi connectivity index (χ0n) is 23.6. The Labute approximate surface area is 231 Å². The number of carbonyl (C=O) groups excluding carboxylic acids is 2. The molecule has 1 N–H and O–H groups in total. The fourth-order valence-electron chi connectivity index (χ4n) is 5.63. The Morgan fingerprint density at radius 1 is 1.15 bits per heavy atom. The number of ether oxygens (including phenoxy) is 1. The van der Waals surface area contributed by atoms with E-state index in [0.29, 0.717) is 37.6 Å². The van der Waals surface area contributed by atoms with E-state index in [4.69, 9.17) is 4.74 Å². The zero-order valence-corrected chi connectivity index (χ0v) is 23.6. The molecule has 5 heterocycles. The van der Waals surface area contributed by atoms with Crippen molar-refractivity contribution in [3.8, 4) is 0 Å². The van der Waals surface area contributed by atoms with Gasteiger partial charge in [0.1, 0.15) is 17.1 Å². The molecule has 214 valence electrons. The molecule has 0 aromatic carbocycles. The Balaban J connectivity index is 1.35. The van der Waals surface area contributed by atoms with Gasteiger partial charge in [-0.3, -0.25) is 9.80 Å². The number of aromatic nitrogens is 3. The number of imidazole rings is 1. The van der Waals surface area contributed by atoms with Gasteiger partial charge in [0.15, 0.2) is 0 Å². The molecule has 2 atom stereocenters. The van der Waals surface area contributed by atoms with Crippen LogP contribution in [0, 0.1) is 6.92 Å². The van der Waals surface area contributed by atoms with Crippen molar-refractivity contribution < 1.29 is 23.1 Å². The second-order valence-corrected chi connectivity index (χ2v) is 11.6. The minimum atomic E-state index is -2.74. The van der Waals surface area contributed by atoms with Crippen LogP contribution in [-0.2, 0) is 11.2 Å². The van der Waals surface area contributed by atoms with Gasteiger partial charge in [-0.1, -0.05) is 0 Å². The molecule has 2 aliphatic heterocycles. The van der Waals surface area contributed by atoms with E-state index in [0.717, 1.165) is 11.3 Å². The van der Waals surface area contributed by atoms with Gasteiger partial charge in [-0.05, 0) is 60.1 Å². The van der Waals surface area contributed by atoms with Crippen molar-refractivity contribution in [2.75, 3.05) is 34.8 Å². The second-order valence-electron chi connectivity index (χ2n) is 11.6. The largest absolute Gasteiger partial charge is 0.444 e. The van der Waals surface area contributed by atoms with E-state index in [1.54, 1.807) is 30.4 Å². The number of halogens is 2. The molecule has 0 spiro atoms. The van der Waals surface area contributed by atoms with Crippen LogP contribution in [0.2, 0.25) is 0 Å². The highest BCUT2D eigenvalue weighted by Crippen LogP contribution is 2.36. The fraction of sp³-hybridized carbons (Fsp3) is 0.500. The Bertz CT molecular complexity index is 1440. The van der Waals surface area contributed by atoms with Crippen LogP contribution in [0.1, 0.15) is 57.9 Å². The van der Waals surface area contributed by atoms with Crippen molar-refractivity contribution in [1.82, 2.24) is 19.3 Å². The molecule has 3 amide bonds. The maximum atomic E-state index is 13.7. The maximum Gasteiger partial charge on any atom is 0.410 e. The summed E-state index contributed by atoms with van der Waals surface area (Å²) in [6.07, 6.45) is 2.42. The molecule has 12 heteroatoms. The number of anilines is 3. The third-order valence-corrected chi connectivity index (χ3v) is 7.15. The molecule has 3 aromatic heterocycles. The Morgan fingerprint density at radius 2 is 1.85 bits per heavy atom. The van der Waals surface area contributed by atoms with Gasteiger partial charge in [0.2, 0.25) is 0 Å². The normalized spacial score (nSPS) is 19.4. The van der Waals surface area contributed by atoms with Crippen LogP contribution in [0.3, 0.4) is 0 Å². The lowest BCUT2D eigenvalue weighted by molar-refractivity contribution is 0.00564. The SMILES string of the molecule is Cc1cn2cc(NC(=O)N3CCc4c(N5C[C@@H](C)N(C(=O)OC(C)(C)C)[C@@H](C)C5)ccnc43)cc(C(F)F)c2n1. The average molecular weight is 556 g/mol. The number of rotatable bonds is 3. The van der Waals surface area contributed by atoms with Crippen molar-refractivity contribution in [3.63, 3.8) is 0 Å². The molecule has 10 nitrogen and oxygen atoms in total. The predicted molar refractivity (Wildman–Crippen MR) is 148 cm³/mol. The van der Waals surface area contributed by atoms with Crippen LogP contribution in [0.25, 0.3) is 5.65 Å². The Hall–Kier alpha value is -3.96. The van der Waals surface area contributed by atoms with Gasteiger partial charge in [-0.25, -0.2) is 28.3 Å². The lowest BCUT2D eigenvalue weighted by Crippen LogP contribution is -2.59. The Kier molecular flexibility index (Phi) is 7.05. The van der Waals surface area contributed by atoms with E-state index < -0.39 is 18.1 Å². The summed E-state index contributed by atoms with van der Waals surface area (Å²) in [4.78, 5) is 40.4. The number of nitrogens with zero attached hydrogens (tertiary/aromatic N) is 6. The smallest absolute Gasteiger partial charge is 0.410 e. The van der Waals surface area contributed by atoms with Gasteiger partial charge in [0.05, 0.1) is 29.0 Å². The predicted octanol–water partition coefficient (Wildman–Crippen LogP) is 5.40. The number of fused-ring (bicyclic) bond motifs is 2. The second kappa shape index (κ2) is 10.2. The fourth-order valence-corrected chi connectivity index (χ4v) is 5.63. The zero-order chi connectivity index (χ0) is 28.9. The first-order chi connectivity index (χ1) is 18.8. The van der Waals surface area contributed by atoms with Gasteiger partial charge in [-0.15, -0.1) is 0 Å². The molecular weight excluding hydrogens is 520 g/mol. The van der Waals surface area contributed by atoms with E-state index in [-0.39, 0.29) is 35.1 Å². The van der Waals surface area contributed by atoms with E-state index in [2.05, 4.69) is 20.2 Å². The van der Waals surface area contributed by atoms with Crippen molar-refractivity contribution >= 4 is 35.0 Å². The van der Waals surface area contributed by atoms with Crippen LogP contribution in [0.4, 0.5) is 35.6 Å². The van der Waals surface area contributed by atoms with Gasteiger partial charge >= 0.3 is 12.1 Å². The molecule has 1 saturated heterocycles. The standard InChI is InChI=1S/C28H35F2N7O3/c1-16-12-35-15-19(11-21(23(29)30)25(35)32-16)33-26(38)36-10-8-20-22(7-9-31-24(20)36)34-13-17(2)37(18(3)14-34)27(39)40-28(4,5)6/h7,9,11-12,15,17-18,23H,8,10,13-14H2,1-6H3,(H,33,38)/t17-,18+. The summed E-state index contributed by atoms with van der Waals surface area (Å²) in [5, 5.41) is 2.76. The number of pyridine rings is 2. The first kappa shape index (κ1) is 27.6. The van der Waals surface area contributed by atoms with Crippen molar-refractivity contribution in [2.24, 2.45) is 0 Å². The summed E-state index contributed by atoms with van der Waals surface area (Å²) >= 11 is 0. The van der Waals surface area contributed by atoms with E-state index in [1.165, 1.54) is 15.4 Å². The highest BCUT2D eigenvalue weighted by molar-refractivity contribution is 6.03. The topological polar surface area (TPSA) is 95.3 Å². The number of amides is 3. The van der Waals surface area contributed by atoms with Crippen molar-refractivity contribution in [2.45, 2.75) is 72.1 Å². The van der Waals surface area contributed by atoms with Gasteiger partial charge in [-0.2, -0.15) is 0 Å². The first-order valence-corrected chi connectivity index (χ1v) is 13.4. The number of carbonyl (C=O) groups is 2. The quantitative estimate of drug-likeness (QED) is 0.465. The summed E-state index contributed by atoms with van der Waals surface area (Å²) in [5.41, 5.74) is 2.10. The molecule has 0 aliphatic carbocycles. The van der Waals surface area contributed by atoms with Gasteiger partial charge in [0, 0.05) is 49.5 Å². The van der Waals surface area contributed by atoms with Crippen molar-refractivity contribution in [3.05, 3.63) is 47.5 Å². The van der Waals surface area contributed by atoms with E-state index in [9.17, 15) is 18.4 Å². The number of urea groups is 1. The molecule has 3 aromatic rings. The lowest BCUT2D eigenvalue weighted by Gasteiger charge is -2.45. The summed E-state index contributed by atoms with van der Waals surface area (Å²) in [5.74, 6) is 0.540. The number of piperazine rings is 1. The summed E-state index contributed by atoms with van der Waals surface area (Å²) in [7, 11) is 0. The average Bonchev–Trinajstić information content (AvgIpc) is 3.44. The van der Waals surface area contributed by atoms with Crippen LogP contribution in [0.5, 0.6) is 0 Å². The Morgan fingerprint density at radius 3 is 2.50 bits per heavy atom. The number of hydrogen-bond acceptors (Lipinski definition) is 6. The summed E-state index contributed by atoms with van der Waals surface area (Å²) in [6, 6.07) is 2.57. The molecule has 0 bridgehead atoms. The van der Waals surface area contributed by atoms with Crippen LogP contribution in [0.15, 0.2) is 30.7 Å². The van der Waals surface area contributed by atoms with Gasteiger partial charge < -0.3 is 19.4 Å². The number of aryl methyl sites for hydroxylation is 1. The number of hydrogen-bond donors (Lipinski definition) is 1. The molecule has 40 heavy (non-hydrogen) atoms. The summed E-state index contributed by atoms with van der Waals surface area (Å²) < 4.78 is 34.6. The highest BCUT2D eigenvalue weighted by Gasteiger charge is 2.38. The lowest BCUT2D eigenvalue weighted by atomic mass is 10.1. The molecule has 0 unspecified atom stereocenters. The molecule has 5 rings (SSSR count). The number of nitrogens with one attached hydrogen (secondary N) is 1. The number of alkyl halides is 2. The highest BCUT2D eigenvalue weighted by atomic mass is 19.3. The molecule has 0 saturated carbocycles. The maximum absolute atomic E-state index is 13.7. The minimum absolute atomic E-state index is 0.0889. The van der Waals surface area contributed by atoms with Crippen LogP contribution in [-0.4, -0.2) is 68.7 Å². The molecule has 1 fully saturated rings. The van der Waals surface area contributed by atoms with Crippen LogP contribution >= 0.6 is 0 Å². The van der Waals surface area contributed by atoms with E-state index >= 15 is 0 Å². The van der Waals surface area contributed by atoms with Gasteiger partial charge in [0.25, 0.3) is 6.43 Å². The minimum Gasteiger partial charge on any atom is -0.444 e. The van der Waals surface area contributed by atoms with E-state index in [1.807, 2.05) is 40.7 Å².